The molecule has 0 aromatic carbocycles. The van der Waals surface area contributed by atoms with Crippen molar-refractivity contribution in [1.29, 1.82) is 0 Å². The van der Waals surface area contributed by atoms with Gasteiger partial charge in [-0.25, -0.2) is 13.1 Å². The zero-order chi connectivity index (χ0) is 14.3. The fourth-order valence-electron chi connectivity index (χ4n) is 1.87. The van der Waals surface area contributed by atoms with E-state index in [-0.39, 0.29) is 5.92 Å². The number of aliphatic carboxylic acids is 1. The van der Waals surface area contributed by atoms with Crippen LogP contribution in [0.1, 0.15) is 53.4 Å². The Kier molecular flexibility index (Phi) is 7.47. The average Bonchev–Trinajstić information content (AvgIpc) is 2.23. The van der Waals surface area contributed by atoms with Crippen LogP contribution >= 0.6 is 0 Å². The van der Waals surface area contributed by atoms with Gasteiger partial charge in [-0.15, -0.1) is 0 Å². The summed E-state index contributed by atoms with van der Waals surface area (Å²) in [5.41, 5.74) is 0. The quantitative estimate of drug-likeness (QED) is 0.676. The smallest absolute Gasteiger partial charge is 0.321 e. The molecule has 0 aliphatic rings. The SMILES string of the molecule is CCCC(CC)S(=O)(=O)NC(CC(C)C)C(=O)O. The maximum Gasteiger partial charge on any atom is 0.321 e. The molecule has 0 amide bonds. The number of carbonyl (C=O) groups is 1. The monoisotopic (exact) mass is 279 g/mol. The van der Waals surface area contributed by atoms with Gasteiger partial charge in [0.05, 0.1) is 5.25 Å². The Hall–Kier alpha value is -0.620. The van der Waals surface area contributed by atoms with E-state index in [2.05, 4.69) is 4.72 Å². The first-order valence-electron chi connectivity index (χ1n) is 6.48. The molecule has 108 valence electrons. The zero-order valence-electron chi connectivity index (χ0n) is 11.6. The first-order valence-corrected chi connectivity index (χ1v) is 8.03. The van der Waals surface area contributed by atoms with Gasteiger partial charge in [-0.2, -0.15) is 0 Å². The number of hydrogen-bond donors (Lipinski definition) is 2. The molecule has 18 heavy (non-hydrogen) atoms. The van der Waals surface area contributed by atoms with Crippen LogP contribution in [0.2, 0.25) is 0 Å². The van der Waals surface area contributed by atoms with Crippen LogP contribution in [0.25, 0.3) is 0 Å². The molecule has 0 aliphatic heterocycles. The van der Waals surface area contributed by atoms with Gasteiger partial charge < -0.3 is 5.11 Å². The van der Waals surface area contributed by atoms with Crippen molar-refractivity contribution in [3.63, 3.8) is 0 Å². The molecule has 2 N–H and O–H groups in total. The first kappa shape index (κ1) is 17.4. The number of carboxylic acid groups (broad SMARTS) is 1. The Bertz CT molecular complexity index is 351. The molecule has 0 saturated heterocycles. The highest BCUT2D eigenvalue weighted by Crippen LogP contribution is 2.14. The van der Waals surface area contributed by atoms with Crippen LogP contribution in [-0.2, 0) is 14.8 Å². The van der Waals surface area contributed by atoms with Crippen molar-refractivity contribution in [3.05, 3.63) is 0 Å². The van der Waals surface area contributed by atoms with Gasteiger partial charge in [0.2, 0.25) is 10.0 Å². The minimum atomic E-state index is -3.56. The van der Waals surface area contributed by atoms with Crippen molar-refractivity contribution < 1.29 is 18.3 Å². The highest BCUT2D eigenvalue weighted by atomic mass is 32.2. The minimum absolute atomic E-state index is 0.125. The number of hydrogen-bond acceptors (Lipinski definition) is 3. The number of rotatable bonds is 9. The maximum atomic E-state index is 12.1. The van der Waals surface area contributed by atoms with E-state index >= 15 is 0 Å². The molecule has 6 heteroatoms. The highest BCUT2D eigenvalue weighted by Gasteiger charge is 2.29. The maximum absolute atomic E-state index is 12.1. The Morgan fingerprint density at radius 2 is 1.83 bits per heavy atom. The number of carboxylic acids is 1. The lowest BCUT2D eigenvalue weighted by Crippen LogP contribution is -2.45. The second-order valence-electron chi connectivity index (χ2n) is 5.00. The predicted molar refractivity (Wildman–Crippen MR) is 71.9 cm³/mol. The molecule has 0 saturated carbocycles. The summed E-state index contributed by atoms with van der Waals surface area (Å²) < 4.78 is 26.5. The lowest BCUT2D eigenvalue weighted by atomic mass is 10.1. The van der Waals surface area contributed by atoms with E-state index in [1.807, 2.05) is 20.8 Å². The van der Waals surface area contributed by atoms with Gasteiger partial charge >= 0.3 is 5.97 Å². The van der Waals surface area contributed by atoms with Gasteiger partial charge in [0.15, 0.2) is 0 Å². The van der Waals surface area contributed by atoms with Crippen LogP contribution in [0.15, 0.2) is 0 Å². The summed E-state index contributed by atoms with van der Waals surface area (Å²) in [5.74, 6) is -0.987. The summed E-state index contributed by atoms with van der Waals surface area (Å²) in [6.45, 7) is 7.46. The minimum Gasteiger partial charge on any atom is -0.480 e. The Labute approximate surface area is 110 Å². The van der Waals surface area contributed by atoms with E-state index < -0.39 is 27.3 Å². The van der Waals surface area contributed by atoms with Gasteiger partial charge in [0.1, 0.15) is 6.04 Å². The molecule has 2 atom stereocenters. The zero-order valence-corrected chi connectivity index (χ0v) is 12.5. The van der Waals surface area contributed by atoms with Crippen LogP contribution in [-0.4, -0.2) is 30.8 Å². The largest absolute Gasteiger partial charge is 0.480 e. The van der Waals surface area contributed by atoms with Crippen LogP contribution < -0.4 is 4.72 Å². The van der Waals surface area contributed by atoms with Gasteiger partial charge in [-0.1, -0.05) is 34.1 Å². The molecule has 0 aliphatic carbocycles. The normalized spacial score (nSPS) is 15.6. The highest BCUT2D eigenvalue weighted by molar-refractivity contribution is 7.90. The van der Waals surface area contributed by atoms with Gasteiger partial charge in [-0.05, 0) is 25.2 Å². The molecular formula is C12H25NO4S. The van der Waals surface area contributed by atoms with E-state index in [4.69, 9.17) is 5.11 Å². The van der Waals surface area contributed by atoms with Crippen molar-refractivity contribution in [2.45, 2.75) is 64.7 Å². The van der Waals surface area contributed by atoms with Gasteiger partial charge in [0, 0.05) is 0 Å². The third-order valence-electron chi connectivity index (χ3n) is 2.82. The summed E-state index contributed by atoms with van der Waals surface area (Å²) in [6, 6.07) is -1.03. The van der Waals surface area contributed by atoms with E-state index in [0.29, 0.717) is 19.3 Å². The lowest BCUT2D eigenvalue weighted by molar-refractivity contribution is -0.139. The van der Waals surface area contributed by atoms with E-state index in [1.165, 1.54) is 0 Å². The molecule has 0 spiro atoms. The molecule has 0 fully saturated rings. The van der Waals surface area contributed by atoms with Crippen LogP contribution in [0.3, 0.4) is 0 Å². The molecule has 0 aromatic heterocycles. The van der Waals surface area contributed by atoms with Crippen LogP contribution in [0.5, 0.6) is 0 Å². The molecule has 0 rings (SSSR count). The molecule has 5 nitrogen and oxygen atoms in total. The molecule has 0 bridgehead atoms. The fraction of sp³-hybridized carbons (Fsp3) is 0.917. The third-order valence-corrected chi connectivity index (χ3v) is 4.88. The van der Waals surface area contributed by atoms with E-state index in [0.717, 1.165) is 6.42 Å². The third kappa shape index (κ3) is 5.82. The first-order chi connectivity index (χ1) is 8.24. The molecule has 2 unspecified atom stereocenters. The lowest BCUT2D eigenvalue weighted by Gasteiger charge is -2.21. The second-order valence-corrected chi connectivity index (χ2v) is 6.99. The average molecular weight is 279 g/mol. The van der Waals surface area contributed by atoms with Gasteiger partial charge in [0.25, 0.3) is 0 Å². The standard InChI is InChI=1S/C12H25NO4S/c1-5-7-10(6-2)18(16,17)13-11(12(14)15)8-9(3)4/h9-11,13H,5-8H2,1-4H3,(H,14,15). The van der Waals surface area contributed by atoms with Gasteiger partial charge in [-0.3, -0.25) is 4.79 Å². The van der Waals surface area contributed by atoms with Crippen molar-refractivity contribution in [2.75, 3.05) is 0 Å². The van der Waals surface area contributed by atoms with E-state index in [1.54, 1.807) is 6.92 Å². The number of nitrogens with one attached hydrogen (secondary N) is 1. The Morgan fingerprint density at radius 3 is 2.17 bits per heavy atom. The Balaban J connectivity index is 4.84. The topological polar surface area (TPSA) is 83.5 Å². The van der Waals surface area contributed by atoms with Crippen molar-refractivity contribution in [3.8, 4) is 0 Å². The molecule has 0 heterocycles. The molecule has 0 radical (unpaired) electrons. The molecule has 0 aromatic rings. The van der Waals surface area contributed by atoms with E-state index in [9.17, 15) is 13.2 Å². The number of sulfonamides is 1. The summed E-state index contributed by atoms with van der Waals surface area (Å²) >= 11 is 0. The predicted octanol–water partition coefficient (Wildman–Crippen LogP) is 1.98. The van der Waals surface area contributed by atoms with Crippen molar-refractivity contribution >= 4 is 16.0 Å². The summed E-state index contributed by atoms with van der Waals surface area (Å²) in [4.78, 5) is 11.1. The van der Waals surface area contributed by atoms with Crippen molar-refractivity contribution in [2.24, 2.45) is 5.92 Å². The molecular weight excluding hydrogens is 254 g/mol. The Morgan fingerprint density at radius 1 is 1.28 bits per heavy atom. The summed E-state index contributed by atoms with van der Waals surface area (Å²) in [6.07, 6.45) is 2.12. The van der Waals surface area contributed by atoms with Crippen LogP contribution in [0, 0.1) is 5.92 Å². The van der Waals surface area contributed by atoms with Crippen molar-refractivity contribution in [1.82, 2.24) is 4.72 Å². The second kappa shape index (κ2) is 7.74. The summed E-state index contributed by atoms with van der Waals surface area (Å²) in [7, 11) is -3.56. The summed E-state index contributed by atoms with van der Waals surface area (Å²) in [5, 5.41) is 8.54. The van der Waals surface area contributed by atoms with Crippen LogP contribution in [0.4, 0.5) is 0 Å². The fourth-order valence-corrected chi connectivity index (χ4v) is 3.64.